The Morgan fingerprint density at radius 2 is 1.58 bits per heavy atom. The number of anilines is 1. The molecule has 4 nitrogen and oxygen atoms in total. The molecule has 1 aliphatic rings. The van der Waals surface area contributed by atoms with Crippen LogP contribution in [0.3, 0.4) is 0 Å². The molecule has 154 valence electrons. The van der Waals surface area contributed by atoms with Crippen LogP contribution in [-0.4, -0.2) is 18.0 Å². The lowest BCUT2D eigenvalue weighted by Gasteiger charge is -2.37. The molecule has 0 spiro atoms. The third-order valence-electron chi connectivity index (χ3n) is 5.83. The second-order valence-corrected chi connectivity index (χ2v) is 7.68. The van der Waals surface area contributed by atoms with Crippen molar-refractivity contribution in [2.75, 3.05) is 12.0 Å². The van der Waals surface area contributed by atoms with Crippen LogP contribution in [0.5, 0.6) is 5.75 Å². The fraction of sp³-hybridized carbons (Fsp3) is 0.148. The van der Waals surface area contributed by atoms with Crippen LogP contribution in [0.1, 0.15) is 23.7 Å². The minimum atomic E-state index is 0.201. The van der Waals surface area contributed by atoms with Gasteiger partial charge in [-0.2, -0.15) is 0 Å². The summed E-state index contributed by atoms with van der Waals surface area (Å²) in [5.41, 5.74) is 5.89. The highest BCUT2D eigenvalue weighted by atomic mass is 16.5. The van der Waals surface area contributed by atoms with E-state index < -0.39 is 0 Å². The summed E-state index contributed by atoms with van der Waals surface area (Å²) in [6.45, 7) is 0. The zero-order valence-electron chi connectivity index (χ0n) is 17.6. The predicted molar refractivity (Wildman–Crippen MR) is 127 cm³/mol. The van der Waals surface area contributed by atoms with E-state index >= 15 is 0 Å². The summed E-state index contributed by atoms with van der Waals surface area (Å²) >= 11 is 0. The summed E-state index contributed by atoms with van der Waals surface area (Å²) in [5.74, 6) is 0.834. The van der Waals surface area contributed by atoms with Crippen molar-refractivity contribution in [2.45, 2.75) is 18.9 Å². The maximum atomic E-state index is 5.27. The average Bonchev–Trinajstić information content (AvgIpc) is 3.33. The number of fused-ring (bicyclic) bond motifs is 3. The molecule has 3 aromatic carbocycles. The molecule has 31 heavy (non-hydrogen) atoms. The van der Waals surface area contributed by atoms with Crippen molar-refractivity contribution in [3.05, 3.63) is 108 Å². The first kappa shape index (κ1) is 19.2. The molecule has 2 heterocycles. The van der Waals surface area contributed by atoms with E-state index in [1.807, 2.05) is 30.6 Å². The molecule has 4 heteroatoms. The molecule has 0 amide bonds. The number of methoxy groups -OCH3 is 1. The molecule has 0 fully saturated rings. The van der Waals surface area contributed by atoms with Gasteiger partial charge in [0.15, 0.2) is 0 Å². The first-order chi connectivity index (χ1) is 15.3. The minimum Gasteiger partial charge on any atom is -0.497 e. The largest absolute Gasteiger partial charge is 0.497 e. The van der Waals surface area contributed by atoms with Gasteiger partial charge in [0.25, 0.3) is 0 Å². The van der Waals surface area contributed by atoms with Gasteiger partial charge in [0.05, 0.1) is 36.6 Å². The van der Waals surface area contributed by atoms with Crippen LogP contribution in [0.25, 0.3) is 5.69 Å². The highest BCUT2D eigenvalue weighted by molar-refractivity contribution is 5.87. The summed E-state index contributed by atoms with van der Waals surface area (Å²) in [6, 6.07) is 31.6. The van der Waals surface area contributed by atoms with Gasteiger partial charge in [-0.3, -0.25) is 0 Å². The third kappa shape index (κ3) is 3.84. The molecule has 4 aromatic rings. The number of aliphatic imine (C=N–C) groups is 1. The lowest BCUT2D eigenvalue weighted by atomic mass is 9.99. The summed E-state index contributed by atoms with van der Waals surface area (Å²) in [6.07, 6.45) is 6.14. The van der Waals surface area contributed by atoms with E-state index in [1.54, 1.807) is 7.11 Å². The van der Waals surface area contributed by atoms with Crippen LogP contribution in [0.15, 0.2) is 102 Å². The SMILES string of the molecule is COc1ccc(N=CN2c3ccccc3-n3cccc3C2CCc2ccccc2)cc1. The minimum absolute atomic E-state index is 0.201. The number of ether oxygens (including phenoxy) is 1. The van der Waals surface area contributed by atoms with Crippen LogP contribution in [0, 0.1) is 0 Å². The number of rotatable bonds is 6. The monoisotopic (exact) mass is 407 g/mol. The second-order valence-electron chi connectivity index (χ2n) is 7.68. The molecule has 0 saturated heterocycles. The van der Waals surface area contributed by atoms with E-state index in [0.29, 0.717) is 0 Å². The Balaban J connectivity index is 1.50. The Morgan fingerprint density at radius 1 is 0.839 bits per heavy atom. The highest BCUT2D eigenvalue weighted by Crippen LogP contribution is 2.40. The van der Waals surface area contributed by atoms with E-state index in [1.165, 1.54) is 22.6 Å². The lowest BCUT2D eigenvalue weighted by molar-refractivity contribution is 0.415. The third-order valence-corrected chi connectivity index (χ3v) is 5.83. The summed E-state index contributed by atoms with van der Waals surface area (Å²) in [7, 11) is 1.68. The smallest absolute Gasteiger partial charge is 0.119 e. The number of nitrogens with zero attached hydrogens (tertiary/aromatic N) is 3. The maximum absolute atomic E-state index is 5.27. The van der Waals surface area contributed by atoms with Crippen molar-refractivity contribution < 1.29 is 4.74 Å². The standard InChI is InChI=1S/C27H25N3O/c1-31-23-16-14-22(15-17-23)28-20-30-26-11-6-5-10-24(26)29-19-7-12-25(29)27(30)18-13-21-8-3-2-4-9-21/h2-12,14-17,19-20,27H,13,18H2,1H3. The molecule has 1 unspecified atom stereocenters. The van der Waals surface area contributed by atoms with Crippen LogP contribution < -0.4 is 9.64 Å². The molecule has 5 rings (SSSR count). The summed E-state index contributed by atoms with van der Waals surface area (Å²) in [4.78, 5) is 7.12. The molecule has 0 saturated carbocycles. The quantitative estimate of drug-likeness (QED) is 0.276. The van der Waals surface area contributed by atoms with Crippen LogP contribution in [0.4, 0.5) is 11.4 Å². The number of hydrogen-bond donors (Lipinski definition) is 0. The zero-order chi connectivity index (χ0) is 21.0. The lowest BCUT2D eigenvalue weighted by Crippen LogP contribution is -2.33. The Bertz CT molecular complexity index is 1180. The fourth-order valence-corrected chi connectivity index (χ4v) is 4.26. The normalized spacial score (nSPS) is 15.0. The number of benzene rings is 3. The fourth-order valence-electron chi connectivity index (χ4n) is 4.26. The van der Waals surface area contributed by atoms with Crippen molar-refractivity contribution in [1.29, 1.82) is 0 Å². The second kappa shape index (κ2) is 8.52. The van der Waals surface area contributed by atoms with Gasteiger partial charge < -0.3 is 14.2 Å². The first-order valence-electron chi connectivity index (χ1n) is 10.6. The van der Waals surface area contributed by atoms with Gasteiger partial charge in [-0.1, -0.05) is 42.5 Å². The summed E-state index contributed by atoms with van der Waals surface area (Å²) < 4.78 is 7.57. The molecular weight excluding hydrogens is 382 g/mol. The Morgan fingerprint density at radius 3 is 2.35 bits per heavy atom. The Labute approximate surface area is 183 Å². The molecule has 0 bridgehead atoms. The molecule has 1 aromatic heterocycles. The van der Waals surface area contributed by atoms with Crippen LogP contribution >= 0.6 is 0 Å². The number of aromatic nitrogens is 1. The van der Waals surface area contributed by atoms with Gasteiger partial charge in [-0.05, 0) is 66.9 Å². The van der Waals surface area contributed by atoms with Crippen molar-refractivity contribution in [3.8, 4) is 11.4 Å². The highest BCUT2D eigenvalue weighted by Gasteiger charge is 2.29. The van der Waals surface area contributed by atoms with Gasteiger partial charge in [-0.15, -0.1) is 0 Å². The number of para-hydroxylation sites is 2. The van der Waals surface area contributed by atoms with Crippen molar-refractivity contribution in [1.82, 2.24) is 4.57 Å². The zero-order valence-corrected chi connectivity index (χ0v) is 17.6. The molecule has 0 N–H and O–H groups in total. The van der Waals surface area contributed by atoms with Gasteiger partial charge in [-0.25, -0.2) is 4.99 Å². The van der Waals surface area contributed by atoms with Crippen LogP contribution in [0.2, 0.25) is 0 Å². The van der Waals surface area contributed by atoms with E-state index in [2.05, 4.69) is 82.4 Å². The van der Waals surface area contributed by atoms with Crippen molar-refractivity contribution >= 4 is 17.7 Å². The van der Waals surface area contributed by atoms with Crippen molar-refractivity contribution in [2.24, 2.45) is 4.99 Å². The predicted octanol–water partition coefficient (Wildman–Crippen LogP) is 6.34. The van der Waals surface area contributed by atoms with E-state index in [4.69, 9.17) is 9.73 Å². The topological polar surface area (TPSA) is 29.8 Å². The van der Waals surface area contributed by atoms with Gasteiger partial charge in [0.1, 0.15) is 5.75 Å². The van der Waals surface area contributed by atoms with Gasteiger partial charge in [0, 0.05) is 11.9 Å². The van der Waals surface area contributed by atoms with E-state index in [-0.39, 0.29) is 6.04 Å². The molecule has 1 atom stereocenters. The Kier molecular flexibility index (Phi) is 5.28. The van der Waals surface area contributed by atoms with Gasteiger partial charge >= 0.3 is 0 Å². The van der Waals surface area contributed by atoms with E-state index in [0.717, 1.165) is 24.3 Å². The van der Waals surface area contributed by atoms with E-state index in [9.17, 15) is 0 Å². The van der Waals surface area contributed by atoms with Crippen LogP contribution in [-0.2, 0) is 6.42 Å². The Hall–Kier alpha value is -3.79. The number of aryl methyl sites for hydroxylation is 1. The first-order valence-corrected chi connectivity index (χ1v) is 10.6. The molecule has 1 aliphatic heterocycles. The number of hydrogen-bond acceptors (Lipinski definition) is 2. The maximum Gasteiger partial charge on any atom is 0.119 e. The summed E-state index contributed by atoms with van der Waals surface area (Å²) in [5, 5.41) is 0. The molecule has 0 aliphatic carbocycles. The van der Waals surface area contributed by atoms with Crippen molar-refractivity contribution in [3.63, 3.8) is 0 Å². The van der Waals surface area contributed by atoms with Gasteiger partial charge in [0.2, 0.25) is 0 Å². The average molecular weight is 408 g/mol. The molecular formula is C27H25N3O. The molecule has 0 radical (unpaired) electrons.